The maximum Gasteiger partial charge on any atom is 0.223 e. The van der Waals surface area contributed by atoms with E-state index >= 15 is 0 Å². The Morgan fingerprint density at radius 2 is 1.36 bits per heavy atom. The van der Waals surface area contributed by atoms with Crippen LogP contribution in [0.4, 0.5) is 0 Å². The molecule has 0 saturated heterocycles. The zero-order chi connectivity index (χ0) is 16.2. The monoisotopic (exact) mass is 306 g/mol. The summed E-state index contributed by atoms with van der Waals surface area (Å²) in [6.07, 6.45) is 16.1. The van der Waals surface area contributed by atoms with Crippen molar-refractivity contribution < 1.29 is 14.3 Å². The molecule has 22 heavy (non-hydrogen) atoms. The van der Waals surface area contributed by atoms with Crippen molar-refractivity contribution >= 4 is 11.6 Å². The van der Waals surface area contributed by atoms with Crippen molar-refractivity contribution in [2.45, 2.75) is 77.6 Å². The lowest BCUT2D eigenvalue weighted by Crippen LogP contribution is -2.15. The van der Waals surface area contributed by atoms with Crippen molar-refractivity contribution in [3.05, 3.63) is 23.5 Å². The van der Waals surface area contributed by atoms with E-state index < -0.39 is 0 Å². The van der Waals surface area contributed by atoms with Crippen molar-refractivity contribution in [3.8, 4) is 0 Å². The molecular formula is C19H30O3. The van der Waals surface area contributed by atoms with Gasteiger partial charge in [0.05, 0.1) is 7.11 Å². The normalized spacial score (nSPS) is 14.8. The van der Waals surface area contributed by atoms with E-state index in [0.29, 0.717) is 12.0 Å². The van der Waals surface area contributed by atoms with Gasteiger partial charge in [-0.25, -0.2) is 0 Å². The van der Waals surface area contributed by atoms with Gasteiger partial charge in [-0.1, -0.05) is 64.7 Å². The summed E-state index contributed by atoms with van der Waals surface area (Å²) in [6.45, 7) is 2.24. The topological polar surface area (TPSA) is 43.4 Å². The van der Waals surface area contributed by atoms with Crippen LogP contribution in [-0.2, 0) is 14.3 Å². The number of hydrogen-bond donors (Lipinski definition) is 0. The van der Waals surface area contributed by atoms with E-state index in [-0.39, 0.29) is 17.3 Å². The molecular weight excluding hydrogens is 276 g/mol. The highest BCUT2D eigenvalue weighted by Crippen LogP contribution is 2.20. The third-order valence-electron chi connectivity index (χ3n) is 4.12. The molecule has 3 nitrogen and oxygen atoms in total. The summed E-state index contributed by atoms with van der Waals surface area (Å²) in [4.78, 5) is 23.5. The molecule has 0 aromatic heterocycles. The standard InChI is InChI=1S/C19H30O3/c1-3-4-5-6-7-8-9-10-11-12-13-16-14-17(20)15-18(22-2)19(16)21/h14-15H,3-13H2,1-2H3. The van der Waals surface area contributed by atoms with Crippen LogP contribution in [0.5, 0.6) is 0 Å². The van der Waals surface area contributed by atoms with E-state index in [9.17, 15) is 9.59 Å². The van der Waals surface area contributed by atoms with E-state index in [1.807, 2.05) is 0 Å². The highest BCUT2D eigenvalue weighted by molar-refractivity contribution is 6.19. The van der Waals surface area contributed by atoms with Crippen molar-refractivity contribution in [2.75, 3.05) is 7.11 Å². The van der Waals surface area contributed by atoms with Crippen LogP contribution in [0.15, 0.2) is 23.5 Å². The third kappa shape index (κ3) is 7.06. The van der Waals surface area contributed by atoms with Crippen molar-refractivity contribution in [3.63, 3.8) is 0 Å². The molecule has 0 aliphatic heterocycles. The van der Waals surface area contributed by atoms with Gasteiger partial charge in [-0.15, -0.1) is 0 Å². The summed E-state index contributed by atoms with van der Waals surface area (Å²) in [5.41, 5.74) is 0.601. The fraction of sp³-hybridized carbons (Fsp3) is 0.684. The number of ether oxygens (including phenoxy) is 1. The van der Waals surface area contributed by atoms with Crippen LogP contribution < -0.4 is 0 Å². The Balaban J connectivity index is 2.07. The van der Waals surface area contributed by atoms with Crippen LogP contribution in [0.2, 0.25) is 0 Å². The minimum Gasteiger partial charge on any atom is -0.493 e. The molecule has 1 aliphatic carbocycles. The minimum absolute atomic E-state index is 0.127. The SMILES string of the molecule is CCCCCCCCCCCCC1=CC(=O)C=C(OC)C1=O. The quantitative estimate of drug-likeness (QED) is 0.380. The molecule has 0 unspecified atom stereocenters. The lowest BCUT2D eigenvalue weighted by molar-refractivity contribution is -0.117. The summed E-state index contributed by atoms with van der Waals surface area (Å²) in [5.74, 6) is -0.0915. The van der Waals surface area contributed by atoms with E-state index in [1.165, 1.54) is 70.6 Å². The van der Waals surface area contributed by atoms with Gasteiger partial charge in [-0.2, -0.15) is 0 Å². The van der Waals surface area contributed by atoms with Crippen LogP contribution in [-0.4, -0.2) is 18.7 Å². The van der Waals surface area contributed by atoms with Gasteiger partial charge in [0.1, 0.15) is 0 Å². The highest BCUT2D eigenvalue weighted by atomic mass is 16.5. The molecule has 0 bridgehead atoms. The average molecular weight is 306 g/mol. The first-order valence-corrected chi connectivity index (χ1v) is 8.74. The van der Waals surface area contributed by atoms with Crippen LogP contribution >= 0.6 is 0 Å². The number of unbranched alkanes of at least 4 members (excludes halogenated alkanes) is 9. The number of methoxy groups -OCH3 is 1. The highest BCUT2D eigenvalue weighted by Gasteiger charge is 2.21. The Kier molecular flexibility index (Phi) is 9.52. The molecule has 0 saturated carbocycles. The number of hydrogen-bond acceptors (Lipinski definition) is 3. The molecule has 0 N–H and O–H groups in total. The fourth-order valence-electron chi connectivity index (χ4n) is 2.77. The smallest absolute Gasteiger partial charge is 0.223 e. The maximum atomic E-state index is 12.0. The van der Waals surface area contributed by atoms with E-state index in [2.05, 4.69) is 6.92 Å². The van der Waals surface area contributed by atoms with E-state index in [1.54, 1.807) is 0 Å². The van der Waals surface area contributed by atoms with Crippen molar-refractivity contribution in [1.82, 2.24) is 0 Å². The van der Waals surface area contributed by atoms with Crippen LogP contribution in [0, 0.1) is 0 Å². The molecule has 0 heterocycles. The Bertz CT molecular complexity index is 418. The summed E-state index contributed by atoms with van der Waals surface area (Å²) < 4.78 is 4.95. The van der Waals surface area contributed by atoms with Gasteiger partial charge in [-0.05, 0) is 18.9 Å². The summed E-state index contributed by atoms with van der Waals surface area (Å²) in [5, 5.41) is 0. The molecule has 1 rings (SSSR count). The first-order chi connectivity index (χ1) is 10.7. The Morgan fingerprint density at radius 1 is 0.818 bits per heavy atom. The third-order valence-corrected chi connectivity index (χ3v) is 4.12. The molecule has 0 radical (unpaired) electrons. The molecule has 0 spiro atoms. The second-order valence-electron chi connectivity index (χ2n) is 6.05. The number of Topliss-reactive ketones (excluding diaryl/α,β-unsaturated/α-hetero) is 1. The predicted molar refractivity (Wildman–Crippen MR) is 89.7 cm³/mol. The molecule has 0 atom stereocenters. The largest absolute Gasteiger partial charge is 0.493 e. The van der Waals surface area contributed by atoms with Crippen molar-refractivity contribution in [2.24, 2.45) is 0 Å². The minimum atomic E-state index is -0.140. The van der Waals surface area contributed by atoms with Gasteiger partial charge in [0, 0.05) is 11.6 Å². The fourth-order valence-corrected chi connectivity index (χ4v) is 2.77. The Morgan fingerprint density at radius 3 is 1.91 bits per heavy atom. The van der Waals surface area contributed by atoms with Crippen LogP contribution in [0.3, 0.4) is 0 Å². The molecule has 0 amide bonds. The number of carbonyl (C=O) groups excluding carboxylic acids is 2. The zero-order valence-electron chi connectivity index (χ0n) is 14.2. The summed E-state index contributed by atoms with van der Waals surface area (Å²) >= 11 is 0. The number of allylic oxidation sites excluding steroid dienone is 3. The molecule has 0 fully saturated rings. The molecule has 0 aromatic rings. The number of rotatable bonds is 12. The van der Waals surface area contributed by atoms with Crippen LogP contribution in [0.25, 0.3) is 0 Å². The van der Waals surface area contributed by atoms with E-state index in [0.717, 1.165) is 12.8 Å². The van der Waals surface area contributed by atoms with Gasteiger partial charge in [0.25, 0.3) is 0 Å². The summed E-state index contributed by atoms with van der Waals surface area (Å²) in [7, 11) is 1.43. The maximum absolute atomic E-state index is 12.0. The number of ketones is 2. The molecule has 3 heteroatoms. The van der Waals surface area contributed by atoms with Gasteiger partial charge in [0.2, 0.25) is 5.78 Å². The van der Waals surface area contributed by atoms with Gasteiger partial charge < -0.3 is 4.74 Å². The zero-order valence-corrected chi connectivity index (χ0v) is 14.2. The Labute approximate surface area is 134 Å². The average Bonchev–Trinajstić information content (AvgIpc) is 2.52. The molecule has 124 valence electrons. The second-order valence-corrected chi connectivity index (χ2v) is 6.05. The van der Waals surface area contributed by atoms with Crippen molar-refractivity contribution in [1.29, 1.82) is 0 Å². The first-order valence-electron chi connectivity index (χ1n) is 8.74. The summed E-state index contributed by atoms with van der Waals surface area (Å²) in [6, 6.07) is 0. The lowest BCUT2D eigenvalue weighted by atomic mass is 9.96. The molecule has 1 aliphatic rings. The van der Waals surface area contributed by atoms with E-state index in [4.69, 9.17) is 4.74 Å². The van der Waals surface area contributed by atoms with Crippen LogP contribution in [0.1, 0.15) is 77.6 Å². The lowest BCUT2D eigenvalue weighted by Gasteiger charge is -2.12. The van der Waals surface area contributed by atoms with Gasteiger partial charge >= 0.3 is 0 Å². The first kappa shape index (κ1) is 18.7. The predicted octanol–water partition coefficient (Wildman–Crippen LogP) is 4.91. The molecule has 0 aromatic carbocycles. The van der Waals surface area contributed by atoms with Gasteiger partial charge in [-0.3, -0.25) is 9.59 Å². The number of carbonyl (C=O) groups is 2. The Hall–Kier alpha value is -1.38. The second kappa shape index (κ2) is 11.2. The van der Waals surface area contributed by atoms with Gasteiger partial charge in [0.15, 0.2) is 11.5 Å².